The molecule has 3 rings (SSSR count). The molecule has 1 atom stereocenters. The zero-order chi connectivity index (χ0) is 24.4. The molecule has 1 amide bonds. The van der Waals surface area contributed by atoms with E-state index in [1.165, 1.54) is 40.4 Å². The number of carbonyl (C=O) groups excluding carboxylic acids is 1. The third-order valence-electron chi connectivity index (χ3n) is 5.19. The van der Waals surface area contributed by atoms with Crippen LogP contribution in [0, 0.1) is 5.92 Å². The molecule has 2 aromatic carbocycles. The number of hydrogen-bond acceptors (Lipinski definition) is 8. The van der Waals surface area contributed by atoms with Crippen molar-refractivity contribution in [1.29, 1.82) is 0 Å². The van der Waals surface area contributed by atoms with Crippen LogP contribution in [0.15, 0.2) is 41.3 Å². The van der Waals surface area contributed by atoms with E-state index < -0.39 is 31.9 Å². The van der Waals surface area contributed by atoms with E-state index in [0.717, 1.165) is 11.6 Å². The normalized spacial score (nSPS) is 17.8. The maximum Gasteiger partial charge on any atom is 0.244 e. The second kappa shape index (κ2) is 9.57. The number of methoxy groups -OCH3 is 3. The fourth-order valence-corrected chi connectivity index (χ4v) is 6.56. The molecule has 0 spiro atoms. The molecule has 1 saturated heterocycles. The minimum atomic E-state index is -4.09. The van der Waals surface area contributed by atoms with Crippen LogP contribution in [-0.4, -0.2) is 56.4 Å². The van der Waals surface area contributed by atoms with Crippen LogP contribution in [0.1, 0.15) is 12.5 Å². The third kappa shape index (κ3) is 5.07. The number of amides is 1. The van der Waals surface area contributed by atoms with Crippen molar-refractivity contribution in [3.05, 3.63) is 42.0 Å². The summed E-state index contributed by atoms with van der Waals surface area (Å²) < 4.78 is 69.6. The summed E-state index contributed by atoms with van der Waals surface area (Å²) >= 11 is 0. The van der Waals surface area contributed by atoms with E-state index in [0.29, 0.717) is 22.2 Å². The first-order valence-electron chi connectivity index (χ1n) is 9.99. The van der Waals surface area contributed by atoms with Gasteiger partial charge in [0.1, 0.15) is 10.6 Å². The lowest BCUT2D eigenvalue weighted by atomic mass is 10.1. The van der Waals surface area contributed by atoms with Gasteiger partial charge in [-0.25, -0.2) is 25.9 Å². The molecule has 2 aromatic rings. The highest BCUT2D eigenvalue weighted by Gasteiger charge is 2.42. The Morgan fingerprint density at radius 3 is 2.21 bits per heavy atom. The smallest absolute Gasteiger partial charge is 0.244 e. The SMILES string of the molecule is COc1ccc(CCNS(=O)(=O)c2cc(N3C(=O)C(C)CS3(=O)=O)ccc2OC)cc1OC. The van der Waals surface area contributed by atoms with Gasteiger partial charge in [0.15, 0.2) is 11.5 Å². The lowest BCUT2D eigenvalue weighted by Crippen LogP contribution is -2.31. The van der Waals surface area contributed by atoms with Gasteiger partial charge >= 0.3 is 0 Å². The Labute approximate surface area is 193 Å². The first-order valence-corrected chi connectivity index (χ1v) is 13.1. The van der Waals surface area contributed by atoms with Gasteiger partial charge < -0.3 is 14.2 Å². The van der Waals surface area contributed by atoms with Gasteiger partial charge in [0, 0.05) is 6.54 Å². The highest BCUT2D eigenvalue weighted by Crippen LogP contribution is 2.34. The number of ether oxygens (including phenoxy) is 3. The summed E-state index contributed by atoms with van der Waals surface area (Å²) in [5.74, 6) is -0.540. The standard InChI is InChI=1S/C21H26N2O8S2/c1-14-13-32(25,26)23(21(14)24)16-6-8-18(30-3)20(12-16)33(27,28)22-10-9-15-5-7-17(29-2)19(11-15)31-4/h5-8,11-12,14,22H,9-10,13H2,1-4H3. The van der Waals surface area contributed by atoms with E-state index in [9.17, 15) is 21.6 Å². The molecule has 1 unspecified atom stereocenters. The van der Waals surface area contributed by atoms with Crippen LogP contribution in [0.2, 0.25) is 0 Å². The minimum absolute atomic E-state index is 0.0226. The molecule has 10 nitrogen and oxygen atoms in total. The molecule has 0 radical (unpaired) electrons. The van der Waals surface area contributed by atoms with Gasteiger partial charge in [-0.05, 0) is 42.3 Å². The molecule has 1 aliphatic rings. The van der Waals surface area contributed by atoms with Gasteiger partial charge in [-0.15, -0.1) is 0 Å². The molecular weight excluding hydrogens is 472 g/mol. The fourth-order valence-electron chi connectivity index (χ4n) is 3.53. The predicted molar refractivity (Wildman–Crippen MR) is 122 cm³/mol. The molecule has 1 N–H and O–H groups in total. The van der Waals surface area contributed by atoms with Gasteiger partial charge in [-0.3, -0.25) is 4.79 Å². The van der Waals surface area contributed by atoms with Crippen LogP contribution >= 0.6 is 0 Å². The lowest BCUT2D eigenvalue weighted by Gasteiger charge is -2.18. The largest absolute Gasteiger partial charge is 0.495 e. The number of hydrogen-bond donors (Lipinski definition) is 1. The quantitative estimate of drug-likeness (QED) is 0.551. The maximum atomic E-state index is 13.0. The minimum Gasteiger partial charge on any atom is -0.495 e. The molecule has 0 aliphatic carbocycles. The fraction of sp³-hybridized carbons (Fsp3) is 0.381. The highest BCUT2D eigenvalue weighted by atomic mass is 32.2. The van der Waals surface area contributed by atoms with Crippen molar-refractivity contribution in [2.24, 2.45) is 5.92 Å². The summed E-state index contributed by atoms with van der Waals surface area (Å²) in [5.41, 5.74) is 0.768. The number of anilines is 1. The van der Waals surface area contributed by atoms with E-state index in [1.807, 2.05) is 0 Å². The Kier molecular flexibility index (Phi) is 7.20. The van der Waals surface area contributed by atoms with Crippen molar-refractivity contribution in [2.75, 3.05) is 37.9 Å². The number of benzene rings is 2. The van der Waals surface area contributed by atoms with Crippen molar-refractivity contribution in [2.45, 2.75) is 18.2 Å². The average Bonchev–Trinajstić information content (AvgIpc) is 2.99. The van der Waals surface area contributed by atoms with Crippen molar-refractivity contribution in [1.82, 2.24) is 4.72 Å². The molecule has 0 bridgehead atoms. The Morgan fingerprint density at radius 1 is 1.00 bits per heavy atom. The van der Waals surface area contributed by atoms with Crippen LogP contribution in [-0.2, 0) is 31.3 Å². The van der Waals surface area contributed by atoms with Crippen molar-refractivity contribution in [3.63, 3.8) is 0 Å². The van der Waals surface area contributed by atoms with Crippen LogP contribution in [0.5, 0.6) is 17.2 Å². The van der Waals surface area contributed by atoms with Crippen molar-refractivity contribution in [3.8, 4) is 17.2 Å². The van der Waals surface area contributed by atoms with E-state index in [2.05, 4.69) is 4.72 Å². The lowest BCUT2D eigenvalue weighted by molar-refractivity contribution is -0.119. The molecular formula is C21H26N2O8S2. The van der Waals surface area contributed by atoms with E-state index >= 15 is 0 Å². The second-order valence-corrected chi connectivity index (χ2v) is 11.1. The third-order valence-corrected chi connectivity index (χ3v) is 8.54. The van der Waals surface area contributed by atoms with Gasteiger partial charge in [0.25, 0.3) is 0 Å². The molecule has 1 fully saturated rings. The summed E-state index contributed by atoms with van der Waals surface area (Å²) in [4.78, 5) is 12.1. The van der Waals surface area contributed by atoms with Crippen LogP contribution in [0.25, 0.3) is 0 Å². The number of nitrogens with zero attached hydrogens (tertiary/aromatic N) is 1. The zero-order valence-corrected chi connectivity index (χ0v) is 20.3. The summed E-state index contributed by atoms with van der Waals surface area (Å²) in [6.07, 6.45) is 0.359. The Bertz CT molecular complexity index is 1260. The molecule has 33 heavy (non-hydrogen) atoms. The van der Waals surface area contributed by atoms with E-state index in [-0.39, 0.29) is 28.6 Å². The number of rotatable bonds is 9. The Hall–Kier alpha value is -2.83. The summed E-state index contributed by atoms with van der Waals surface area (Å²) in [6, 6.07) is 9.06. The Balaban J connectivity index is 1.84. The second-order valence-electron chi connectivity index (χ2n) is 7.45. The monoisotopic (exact) mass is 498 g/mol. The molecule has 1 aliphatic heterocycles. The van der Waals surface area contributed by atoms with Gasteiger partial charge in [-0.1, -0.05) is 13.0 Å². The highest BCUT2D eigenvalue weighted by molar-refractivity contribution is 7.94. The van der Waals surface area contributed by atoms with Crippen LogP contribution in [0.4, 0.5) is 5.69 Å². The number of sulfonamides is 2. The molecule has 180 valence electrons. The Morgan fingerprint density at radius 2 is 1.64 bits per heavy atom. The van der Waals surface area contributed by atoms with Gasteiger partial charge in [0.2, 0.25) is 26.0 Å². The molecule has 1 heterocycles. The molecule has 12 heteroatoms. The van der Waals surface area contributed by atoms with Crippen LogP contribution in [0.3, 0.4) is 0 Å². The first kappa shape index (κ1) is 24.8. The maximum absolute atomic E-state index is 13.0. The van der Waals surface area contributed by atoms with Crippen molar-refractivity contribution >= 4 is 31.6 Å². The topological polar surface area (TPSA) is 128 Å². The van der Waals surface area contributed by atoms with E-state index in [4.69, 9.17) is 14.2 Å². The van der Waals surface area contributed by atoms with Crippen LogP contribution < -0.4 is 23.2 Å². The predicted octanol–water partition coefficient (Wildman–Crippen LogP) is 1.55. The van der Waals surface area contributed by atoms with Crippen molar-refractivity contribution < 1.29 is 35.8 Å². The zero-order valence-electron chi connectivity index (χ0n) is 18.7. The average molecular weight is 499 g/mol. The summed E-state index contributed by atoms with van der Waals surface area (Å²) in [7, 11) is -3.63. The number of nitrogens with one attached hydrogen (secondary N) is 1. The number of carbonyl (C=O) groups is 1. The van der Waals surface area contributed by atoms with Gasteiger partial charge in [-0.2, -0.15) is 0 Å². The molecule has 0 aromatic heterocycles. The van der Waals surface area contributed by atoms with Gasteiger partial charge in [0.05, 0.1) is 38.7 Å². The summed E-state index contributed by atoms with van der Waals surface area (Å²) in [5, 5.41) is 0. The van der Waals surface area contributed by atoms with E-state index in [1.54, 1.807) is 18.2 Å². The first-order chi connectivity index (χ1) is 15.5. The summed E-state index contributed by atoms with van der Waals surface area (Å²) in [6.45, 7) is 1.57. The molecule has 0 saturated carbocycles.